The van der Waals surface area contributed by atoms with Gasteiger partial charge in [-0.2, -0.15) is 5.10 Å². The number of amidine groups is 1. The number of hydrogen-bond acceptors (Lipinski definition) is 4. The number of nitrogens with zero attached hydrogens (tertiary/aromatic N) is 4. The molecule has 0 spiro atoms. The second-order valence-corrected chi connectivity index (χ2v) is 6.79. The number of carbonyl (C=O) groups excluding carboxylic acids is 1. The summed E-state index contributed by atoms with van der Waals surface area (Å²) in [7, 11) is 3.64. The maximum absolute atomic E-state index is 14.6. The van der Waals surface area contributed by atoms with Crippen molar-refractivity contribution >= 4 is 11.7 Å². The standard InChI is InChI=1S/C19H25FN6O/c1-12(27)26-7-6-17(22-2)15(11-26)19(21)24-18-5-4-13(8-16(18)20)14-9-23-25(3)10-14/h5,8-10,13,22H,4,6-7,11H2,1-3H3,(H2,21,24). The highest BCUT2D eigenvalue weighted by Gasteiger charge is 2.24. The van der Waals surface area contributed by atoms with Crippen LogP contribution >= 0.6 is 0 Å². The second kappa shape index (κ2) is 7.77. The molecule has 1 aliphatic carbocycles. The van der Waals surface area contributed by atoms with E-state index in [4.69, 9.17) is 5.73 Å². The lowest BCUT2D eigenvalue weighted by Crippen LogP contribution is -2.41. The Bertz CT molecular complexity index is 863. The first-order valence-electron chi connectivity index (χ1n) is 8.95. The second-order valence-electron chi connectivity index (χ2n) is 6.79. The van der Waals surface area contributed by atoms with E-state index in [-0.39, 0.29) is 23.4 Å². The van der Waals surface area contributed by atoms with E-state index in [0.717, 1.165) is 16.8 Å². The predicted molar refractivity (Wildman–Crippen MR) is 102 cm³/mol. The van der Waals surface area contributed by atoms with Crippen molar-refractivity contribution in [3.05, 3.63) is 52.9 Å². The van der Waals surface area contributed by atoms with Gasteiger partial charge in [0, 0.05) is 57.4 Å². The fourth-order valence-electron chi connectivity index (χ4n) is 3.37. The normalized spacial score (nSPS) is 21.1. The van der Waals surface area contributed by atoms with Gasteiger partial charge < -0.3 is 16.0 Å². The quantitative estimate of drug-likeness (QED) is 0.622. The van der Waals surface area contributed by atoms with Crippen LogP contribution in [0.1, 0.15) is 31.2 Å². The summed E-state index contributed by atoms with van der Waals surface area (Å²) >= 11 is 0. The number of aliphatic imine (C=N–C) groups is 1. The van der Waals surface area contributed by atoms with Crippen molar-refractivity contribution in [3.63, 3.8) is 0 Å². The summed E-state index contributed by atoms with van der Waals surface area (Å²) in [5.74, 6) is -0.240. The van der Waals surface area contributed by atoms with Crippen molar-refractivity contribution in [2.45, 2.75) is 25.7 Å². The molecule has 0 fully saturated rings. The van der Waals surface area contributed by atoms with E-state index in [1.165, 1.54) is 6.92 Å². The van der Waals surface area contributed by atoms with E-state index in [0.29, 0.717) is 25.9 Å². The molecule has 1 amide bonds. The van der Waals surface area contributed by atoms with Crippen LogP contribution in [0, 0.1) is 0 Å². The molecule has 3 rings (SSSR count). The number of allylic oxidation sites excluding steroid dienone is 3. The molecule has 1 atom stereocenters. The molecule has 1 aromatic heterocycles. The van der Waals surface area contributed by atoms with Gasteiger partial charge in [-0.3, -0.25) is 9.48 Å². The van der Waals surface area contributed by atoms with Crippen molar-refractivity contribution in [1.82, 2.24) is 20.0 Å². The van der Waals surface area contributed by atoms with Crippen molar-refractivity contribution in [1.29, 1.82) is 0 Å². The number of aromatic nitrogens is 2. The minimum absolute atomic E-state index is 0.0160. The molecule has 8 heteroatoms. The zero-order chi connectivity index (χ0) is 19.6. The molecule has 0 bridgehead atoms. The molecule has 7 nitrogen and oxygen atoms in total. The number of rotatable bonds is 4. The third kappa shape index (κ3) is 4.10. The zero-order valence-corrected chi connectivity index (χ0v) is 15.9. The lowest BCUT2D eigenvalue weighted by molar-refractivity contribution is -0.128. The number of amides is 1. The van der Waals surface area contributed by atoms with Gasteiger partial charge >= 0.3 is 0 Å². The summed E-state index contributed by atoms with van der Waals surface area (Å²) in [5.41, 5.74) is 9.05. The molecular weight excluding hydrogens is 347 g/mol. The summed E-state index contributed by atoms with van der Waals surface area (Å²) in [6.07, 6.45) is 8.23. The number of carbonyl (C=O) groups is 1. The minimum atomic E-state index is -0.399. The summed E-state index contributed by atoms with van der Waals surface area (Å²) in [5, 5.41) is 7.25. The van der Waals surface area contributed by atoms with Crippen LogP contribution in [-0.2, 0) is 11.8 Å². The Kier molecular flexibility index (Phi) is 5.43. The maximum atomic E-state index is 14.6. The molecule has 1 unspecified atom stereocenters. The lowest BCUT2D eigenvalue weighted by Gasteiger charge is -2.30. The molecule has 2 aliphatic rings. The van der Waals surface area contributed by atoms with Gasteiger partial charge in [0.1, 0.15) is 11.7 Å². The highest BCUT2D eigenvalue weighted by atomic mass is 19.1. The molecule has 3 N–H and O–H groups in total. The molecule has 1 aliphatic heterocycles. The van der Waals surface area contributed by atoms with E-state index in [2.05, 4.69) is 15.4 Å². The average molecular weight is 372 g/mol. The first kappa shape index (κ1) is 18.9. The number of halogens is 1. The number of nitrogens with one attached hydrogen (secondary N) is 1. The van der Waals surface area contributed by atoms with Crippen LogP contribution in [-0.4, -0.2) is 46.6 Å². The van der Waals surface area contributed by atoms with E-state index < -0.39 is 5.83 Å². The molecule has 0 radical (unpaired) electrons. The lowest BCUT2D eigenvalue weighted by atomic mass is 9.93. The number of hydrogen-bond donors (Lipinski definition) is 2. The largest absolute Gasteiger partial charge is 0.391 e. The minimum Gasteiger partial charge on any atom is -0.391 e. The smallest absolute Gasteiger partial charge is 0.219 e. The maximum Gasteiger partial charge on any atom is 0.219 e. The van der Waals surface area contributed by atoms with Crippen LogP contribution in [0.25, 0.3) is 0 Å². The zero-order valence-electron chi connectivity index (χ0n) is 15.9. The Morgan fingerprint density at radius 3 is 2.85 bits per heavy atom. The Balaban J connectivity index is 1.81. The summed E-state index contributed by atoms with van der Waals surface area (Å²) in [4.78, 5) is 17.7. The van der Waals surface area contributed by atoms with Gasteiger partial charge in [-0.25, -0.2) is 9.38 Å². The number of nitrogens with two attached hydrogens (primary N) is 1. The molecule has 0 saturated heterocycles. The molecule has 144 valence electrons. The molecule has 2 heterocycles. The SMILES string of the molecule is CNC1=C(C(N)=NC2=CCC(c3cnn(C)c3)C=C2F)CN(C(C)=O)CC1. The van der Waals surface area contributed by atoms with Crippen molar-refractivity contribution in [3.8, 4) is 0 Å². The molecule has 0 saturated carbocycles. The van der Waals surface area contributed by atoms with Gasteiger partial charge in [0.2, 0.25) is 5.91 Å². The van der Waals surface area contributed by atoms with E-state index in [1.54, 1.807) is 27.9 Å². The third-order valence-electron chi connectivity index (χ3n) is 4.95. The van der Waals surface area contributed by atoms with Gasteiger partial charge in [-0.15, -0.1) is 0 Å². The molecule has 27 heavy (non-hydrogen) atoms. The van der Waals surface area contributed by atoms with Crippen LogP contribution in [0.5, 0.6) is 0 Å². The Morgan fingerprint density at radius 1 is 1.48 bits per heavy atom. The first-order valence-corrected chi connectivity index (χ1v) is 8.95. The summed E-state index contributed by atoms with van der Waals surface area (Å²) < 4.78 is 16.3. The van der Waals surface area contributed by atoms with Gasteiger partial charge in [0.15, 0.2) is 0 Å². The molecule has 0 aromatic carbocycles. The Morgan fingerprint density at radius 2 is 2.26 bits per heavy atom. The van der Waals surface area contributed by atoms with Crippen LogP contribution in [0.2, 0.25) is 0 Å². The van der Waals surface area contributed by atoms with Crippen molar-refractivity contribution < 1.29 is 9.18 Å². The van der Waals surface area contributed by atoms with Crippen LogP contribution in [0.15, 0.2) is 52.3 Å². The fraction of sp³-hybridized carbons (Fsp3) is 0.421. The highest BCUT2D eigenvalue weighted by Crippen LogP contribution is 2.32. The Labute approximate surface area is 158 Å². The summed E-state index contributed by atoms with van der Waals surface area (Å²) in [6.45, 7) is 2.53. The number of aryl methyl sites for hydroxylation is 1. The van der Waals surface area contributed by atoms with Crippen LogP contribution < -0.4 is 11.1 Å². The van der Waals surface area contributed by atoms with Crippen molar-refractivity contribution in [2.24, 2.45) is 17.8 Å². The van der Waals surface area contributed by atoms with Gasteiger partial charge in [0.25, 0.3) is 0 Å². The van der Waals surface area contributed by atoms with Gasteiger partial charge in [-0.1, -0.05) is 6.08 Å². The predicted octanol–water partition coefficient (Wildman–Crippen LogP) is 1.73. The van der Waals surface area contributed by atoms with Gasteiger partial charge in [0.05, 0.1) is 18.4 Å². The summed E-state index contributed by atoms with van der Waals surface area (Å²) in [6, 6.07) is 0. The topological polar surface area (TPSA) is 88.5 Å². The molecular formula is C19H25FN6O. The molecule has 1 aromatic rings. The third-order valence-corrected chi connectivity index (χ3v) is 4.95. The van der Waals surface area contributed by atoms with E-state index >= 15 is 0 Å². The van der Waals surface area contributed by atoms with Crippen molar-refractivity contribution in [2.75, 3.05) is 20.1 Å². The van der Waals surface area contributed by atoms with Crippen LogP contribution in [0.4, 0.5) is 4.39 Å². The van der Waals surface area contributed by atoms with Gasteiger partial charge in [-0.05, 0) is 18.1 Å². The fourth-order valence-corrected chi connectivity index (χ4v) is 3.37. The highest BCUT2D eigenvalue weighted by molar-refractivity contribution is 5.99. The van der Waals surface area contributed by atoms with E-state index in [1.807, 2.05) is 20.3 Å². The van der Waals surface area contributed by atoms with Crippen LogP contribution in [0.3, 0.4) is 0 Å². The van der Waals surface area contributed by atoms with E-state index in [9.17, 15) is 9.18 Å². The first-order chi connectivity index (χ1) is 12.9. The monoisotopic (exact) mass is 372 g/mol. The Hall–Kier alpha value is -2.90. The average Bonchev–Trinajstić information content (AvgIpc) is 3.09.